The molecule has 4 rings (SSSR count). The lowest BCUT2D eigenvalue weighted by atomic mass is 10.3. The molecule has 33 heavy (non-hydrogen) atoms. The van der Waals surface area contributed by atoms with E-state index in [4.69, 9.17) is 22.4 Å². The van der Waals surface area contributed by atoms with Gasteiger partial charge in [0.15, 0.2) is 0 Å². The van der Waals surface area contributed by atoms with Gasteiger partial charge in [0.2, 0.25) is 0 Å². The maximum absolute atomic E-state index is 11.8. The highest BCUT2D eigenvalue weighted by Crippen LogP contribution is 2.33. The number of allylic oxidation sites excluding steroid dienone is 2. The van der Waals surface area contributed by atoms with E-state index in [-0.39, 0.29) is 11.1 Å². The topological polar surface area (TPSA) is 114 Å². The molecule has 0 bridgehead atoms. The third kappa shape index (κ3) is 6.06. The van der Waals surface area contributed by atoms with Gasteiger partial charge in [-0.05, 0) is 50.1 Å². The third-order valence-corrected chi connectivity index (χ3v) is 6.71. The molecule has 0 radical (unpaired) electrons. The summed E-state index contributed by atoms with van der Waals surface area (Å²) in [7, 11) is 3.55. The van der Waals surface area contributed by atoms with Crippen molar-refractivity contribution in [2.24, 2.45) is 7.05 Å². The lowest BCUT2D eigenvalue weighted by Crippen LogP contribution is -2.20. The normalized spacial score (nSPS) is 13.6. The van der Waals surface area contributed by atoms with E-state index < -0.39 is 0 Å². The van der Waals surface area contributed by atoms with Gasteiger partial charge in [-0.25, -0.2) is 0 Å². The van der Waals surface area contributed by atoms with Gasteiger partial charge in [0.25, 0.3) is 5.91 Å². The van der Waals surface area contributed by atoms with Crippen LogP contribution in [0.2, 0.25) is 0 Å². The second-order valence-corrected chi connectivity index (χ2v) is 9.12. The van der Waals surface area contributed by atoms with Gasteiger partial charge in [-0.15, -0.1) is 0 Å². The Bertz CT molecular complexity index is 1190. The molecule has 8 nitrogen and oxygen atoms in total. The molecule has 1 aromatic carbocycles. The summed E-state index contributed by atoms with van der Waals surface area (Å²) in [6, 6.07) is 8.09. The van der Waals surface area contributed by atoms with Gasteiger partial charge in [-0.3, -0.25) is 15.3 Å². The minimum Gasteiger partial charge on any atom is -0.370 e. The highest BCUT2D eigenvalue weighted by atomic mass is 35.5. The zero-order valence-electron chi connectivity index (χ0n) is 18.9. The number of H-pyrrole nitrogens is 1. The molecule has 2 aromatic heterocycles. The number of aromatic amines is 1. The maximum Gasteiger partial charge on any atom is 0.267 e. The van der Waals surface area contributed by atoms with Crippen molar-refractivity contribution in [2.75, 3.05) is 20.1 Å². The largest absolute Gasteiger partial charge is 0.370 e. The molecule has 10 heteroatoms. The number of aromatic nitrogens is 3. The Hall–Kier alpha value is -3.04. The van der Waals surface area contributed by atoms with Crippen LogP contribution in [0.4, 0.5) is 0 Å². The summed E-state index contributed by atoms with van der Waals surface area (Å²) < 4.78 is 1.91. The molecule has 3 aromatic rings. The number of amides is 1. The molecule has 1 fully saturated rings. The van der Waals surface area contributed by atoms with Crippen LogP contribution in [0.5, 0.6) is 0 Å². The van der Waals surface area contributed by atoms with E-state index in [2.05, 4.69) is 32.5 Å². The van der Waals surface area contributed by atoms with Crippen molar-refractivity contribution in [1.82, 2.24) is 25.0 Å². The Morgan fingerprint density at radius 3 is 2.67 bits per heavy atom. The molecule has 0 atom stereocenters. The summed E-state index contributed by atoms with van der Waals surface area (Å²) in [5.41, 5.74) is 3.51. The molecular weight excluding hydrogens is 458 g/mol. The number of hydrogen-bond donors (Lipinski definition) is 4. The number of carbonyl (C=O) groups is 1. The number of carbonyl (C=O) groups excluding carboxylic acids is 1. The maximum atomic E-state index is 11.8. The minimum absolute atomic E-state index is 0.0135. The summed E-state index contributed by atoms with van der Waals surface area (Å²) in [6.07, 6.45) is 6.91. The van der Waals surface area contributed by atoms with Crippen LogP contribution >= 0.6 is 23.4 Å². The van der Waals surface area contributed by atoms with Crippen LogP contribution in [0.25, 0.3) is 10.9 Å². The Balaban J connectivity index is 0.000000218. The number of halogens is 1. The molecule has 0 aliphatic carbocycles. The van der Waals surface area contributed by atoms with Crippen molar-refractivity contribution >= 4 is 51.6 Å². The first-order valence-corrected chi connectivity index (χ1v) is 11.7. The second-order valence-electron chi connectivity index (χ2n) is 7.59. The van der Waals surface area contributed by atoms with E-state index in [1.165, 1.54) is 25.1 Å². The van der Waals surface area contributed by atoms with E-state index in [1.807, 2.05) is 36.9 Å². The van der Waals surface area contributed by atoms with E-state index in [0.29, 0.717) is 5.69 Å². The average Bonchev–Trinajstić information content (AvgIpc) is 3.55. The van der Waals surface area contributed by atoms with Crippen molar-refractivity contribution in [3.8, 4) is 0 Å². The minimum atomic E-state index is -0.0715. The molecule has 3 heterocycles. The first kappa shape index (κ1) is 24.6. The molecule has 1 aliphatic rings. The standard InChI is InChI=1S/C15H16N4OS.C8H12ClN3/c1-9-14(7-13(19(9)3)15(20)16-2)21-11-4-5-12-10(6-11)8-17-18-12;9-8(11)5-7(6-10)12-3-1-2-4-12/h4-8H,1-3H3,(H,16,20)(H,17,18);5-6,10-11H,1-4H2/b;7-5+,10-6?,11-8?. The quantitative estimate of drug-likeness (QED) is 0.383. The van der Waals surface area contributed by atoms with Gasteiger partial charge < -0.3 is 20.2 Å². The molecule has 0 saturated carbocycles. The van der Waals surface area contributed by atoms with Crippen LogP contribution in [-0.4, -0.2) is 57.1 Å². The summed E-state index contributed by atoms with van der Waals surface area (Å²) in [6.45, 7) is 3.97. The number of hydrogen-bond acceptors (Lipinski definition) is 6. The molecular formula is C23H28ClN7OS. The van der Waals surface area contributed by atoms with E-state index in [9.17, 15) is 4.79 Å². The summed E-state index contributed by atoms with van der Waals surface area (Å²) in [4.78, 5) is 16.1. The van der Waals surface area contributed by atoms with Crippen molar-refractivity contribution in [1.29, 1.82) is 10.8 Å². The number of nitrogens with zero attached hydrogens (tertiary/aromatic N) is 3. The van der Waals surface area contributed by atoms with Crippen LogP contribution in [-0.2, 0) is 7.05 Å². The molecule has 1 saturated heterocycles. The number of fused-ring (bicyclic) bond motifs is 1. The van der Waals surface area contributed by atoms with Gasteiger partial charge in [-0.1, -0.05) is 23.4 Å². The second kappa shape index (κ2) is 11.2. The average molecular weight is 486 g/mol. The fourth-order valence-corrected chi connectivity index (χ4v) is 4.70. The Morgan fingerprint density at radius 2 is 2.03 bits per heavy atom. The first-order valence-electron chi connectivity index (χ1n) is 10.5. The van der Waals surface area contributed by atoms with E-state index in [0.717, 1.165) is 45.2 Å². The van der Waals surface area contributed by atoms with Gasteiger partial charge >= 0.3 is 0 Å². The van der Waals surface area contributed by atoms with Crippen molar-refractivity contribution in [2.45, 2.75) is 29.6 Å². The van der Waals surface area contributed by atoms with Crippen molar-refractivity contribution in [3.05, 3.63) is 53.6 Å². The zero-order valence-corrected chi connectivity index (χ0v) is 20.5. The SMILES string of the molecule is CNC(=O)c1cc(Sc2ccc3[nH]ncc3c2)c(C)n1C.N=C/C(=C\C(=N)Cl)N1CCCC1. The fourth-order valence-electron chi connectivity index (χ4n) is 3.56. The van der Waals surface area contributed by atoms with E-state index >= 15 is 0 Å². The summed E-state index contributed by atoms with van der Waals surface area (Å²) in [5, 5.41) is 24.9. The van der Waals surface area contributed by atoms with Crippen molar-refractivity contribution < 1.29 is 4.79 Å². The van der Waals surface area contributed by atoms with Crippen LogP contribution in [0.3, 0.4) is 0 Å². The number of nitrogens with one attached hydrogen (secondary N) is 4. The lowest BCUT2D eigenvalue weighted by Gasteiger charge is -2.17. The Labute approximate surface area is 202 Å². The van der Waals surface area contributed by atoms with Gasteiger partial charge in [0, 0.05) is 54.3 Å². The predicted molar refractivity (Wildman–Crippen MR) is 135 cm³/mol. The number of likely N-dealkylation sites (tertiary alicyclic amines) is 1. The highest BCUT2D eigenvalue weighted by Gasteiger charge is 2.15. The number of benzene rings is 1. The van der Waals surface area contributed by atoms with E-state index in [1.54, 1.807) is 18.8 Å². The zero-order chi connectivity index (χ0) is 24.0. The van der Waals surface area contributed by atoms with Gasteiger partial charge in [0.05, 0.1) is 17.4 Å². The van der Waals surface area contributed by atoms with Crippen LogP contribution < -0.4 is 5.32 Å². The number of rotatable bonds is 6. The van der Waals surface area contributed by atoms with Crippen LogP contribution in [0.1, 0.15) is 29.0 Å². The Morgan fingerprint density at radius 1 is 1.30 bits per heavy atom. The third-order valence-electron chi connectivity index (χ3n) is 5.48. The Kier molecular flexibility index (Phi) is 8.35. The molecule has 4 N–H and O–H groups in total. The molecule has 0 spiro atoms. The molecule has 1 amide bonds. The lowest BCUT2D eigenvalue weighted by molar-refractivity contribution is 0.0955. The molecule has 174 valence electrons. The first-order chi connectivity index (χ1) is 15.8. The predicted octanol–water partition coefficient (Wildman–Crippen LogP) is 4.55. The summed E-state index contributed by atoms with van der Waals surface area (Å²) in [5.74, 6) is -0.0715. The fraction of sp³-hybridized carbons (Fsp3) is 0.304. The smallest absolute Gasteiger partial charge is 0.267 e. The highest BCUT2D eigenvalue weighted by molar-refractivity contribution is 7.99. The van der Waals surface area contributed by atoms with Gasteiger partial charge in [0.1, 0.15) is 10.9 Å². The van der Waals surface area contributed by atoms with Crippen LogP contribution in [0.15, 0.2) is 52.0 Å². The molecule has 0 unspecified atom stereocenters. The van der Waals surface area contributed by atoms with Crippen molar-refractivity contribution in [3.63, 3.8) is 0 Å². The summed E-state index contributed by atoms with van der Waals surface area (Å²) >= 11 is 7.06. The van der Waals surface area contributed by atoms with Crippen LogP contribution in [0, 0.1) is 17.7 Å². The monoisotopic (exact) mass is 485 g/mol. The van der Waals surface area contributed by atoms with Gasteiger partial charge in [-0.2, -0.15) is 5.10 Å². The molecule has 1 aliphatic heterocycles.